The van der Waals surface area contributed by atoms with Gasteiger partial charge >= 0.3 is 0 Å². The van der Waals surface area contributed by atoms with Crippen molar-refractivity contribution in [2.45, 2.75) is 17.1 Å². The van der Waals surface area contributed by atoms with Gasteiger partial charge in [0.25, 0.3) is 5.91 Å². The van der Waals surface area contributed by atoms with Crippen molar-refractivity contribution in [3.05, 3.63) is 124 Å². The minimum absolute atomic E-state index is 0.101. The molecular weight excluding hydrogens is 508 g/mol. The lowest BCUT2D eigenvalue weighted by molar-refractivity contribution is -0.115. The molecule has 2 amide bonds. The van der Waals surface area contributed by atoms with E-state index in [4.69, 9.17) is 0 Å². The molecular formula is C28H23BrN2O2S. The molecule has 0 radical (unpaired) electrons. The number of amides is 2. The summed E-state index contributed by atoms with van der Waals surface area (Å²) in [6, 6.07) is 32.2. The zero-order valence-corrected chi connectivity index (χ0v) is 20.9. The average molecular weight is 531 g/mol. The summed E-state index contributed by atoms with van der Waals surface area (Å²) in [6.45, 7) is 1.91. The van der Waals surface area contributed by atoms with Crippen LogP contribution in [0.15, 0.2) is 112 Å². The number of rotatable bonds is 7. The predicted octanol–water partition coefficient (Wildman–Crippen LogP) is 7.48. The highest BCUT2D eigenvalue weighted by atomic mass is 79.9. The normalized spacial score (nSPS) is 11.5. The largest absolute Gasteiger partial charge is 0.325 e. The Morgan fingerprint density at radius 3 is 2.00 bits per heavy atom. The fourth-order valence-electron chi connectivity index (χ4n) is 3.42. The molecule has 4 nitrogen and oxygen atoms in total. The lowest BCUT2D eigenvalue weighted by atomic mass is 10.1. The predicted molar refractivity (Wildman–Crippen MR) is 143 cm³/mol. The van der Waals surface area contributed by atoms with Crippen LogP contribution in [0.1, 0.15) is 26.7 Å². The molecule has 4 aromatic carbocycles. The molecule has 6 heteroatoms. The number of nitrogens with one attached hydrogen (secondary N) is 2. The summed E-state index contributed by atoms with van der Waals surface area (Å²) in [6.07, 6.45) is 0. The molecule has 0 fully saturated rings. The molecule has 0 saturated carbocycles. The van der Waals surface area contributed by atoms with Crippen LogP contribution in [-0.4, -0.2) is 11.8 Å². The van der Waals surface area contributed by atoms with Crippen molar-refractivity contribution in [3.63, 3.8) is 0 Å². The van der Waals surface area contributed by atoms with Crippen LogP contribution in [0.3, 0.4) is 0 Å². The van der Waals surface area contributed by atoms with Gasteiger partial charge in [-0.2, -0.15) is 0 Å². The van der Waals surface area contributed by atoms with Crippen LogP contribution in [0.25, 0.3) is 0 Å². The third-order valence-electron chi connectivity index (χ3n) is 5.21. The van der Waals surface area contributed by atoms with Crippen LogP contribution in [0.2, 0.25) is 0 Å². The minimum atomic E-state index is -0.433. The molecule has 1 atom stereocenters. The van der Waals surface area contributed by atoms with Crippen LogP contribution >= 0.6 is 27.7 Å². The first-order chi connectivity index (χ1) is 16.5. The fourth-order valence-corrected chi connectivity index (χ4v) is 4.71. The number of halogens is 1. The average Bonchev–Trinajstić information content (AvgIpc) is 2.85. The number of hydrogen-bond acceptors (Lipinski definition) is 3. The number of anilines is 2. The first kappa shape index (κ1) is 23.8. The Morgan fingerprint density at radius 2 is 1.32 bits per heavy atom. The summed E-state index contributed by atoms with van der Waals surface area (Å²) in [5, 5.41) is 5.52. The van der Waals surface area contributed by atoms with Gasteiger partial charge in [0.1, 0.15) is 5.25 Å². The van der Waals surface area contributed by atoms with Gasteiger partial charge in [0, 0.05) is 26.3 Å². The molecule has 4 aromatic rings. The lowest BCUT2D eigenvalue weighted by Crippen LogP contribution is -2.19. The van der Waals surface area contributed by atoms with Crippen molar-refractivity contribution in [3.8, 4) is 0 Å². The third kappa shape index (κ3) is 6.16. The van der Waals surface area contributed by atoms with Crippen molar-refractivity contribution >= 4 is 50.9 Å². The van der Waals surface area contributed by atoms with Gasteiger partial charge in [0.15, 0.2) is 0 Å². The number of aryl methyl sites for hydroxylation is 1. The van der Waals surface area contributed by atoms with Gasteiger partial charge in [-0.25, -0.2) is 0 Å². The molecule has 0 spiro atoms. The number of carbonyl (C=O) groups excluding carboxylic acids is 2. The summed E-state index contributed by atoms with van der Waals surface area (Å²) in [5.74, 6) is -0.245. The molecule has 4 rings (SSSR count). The van der Waals surface area contributed by atoms with E-state index in [1.807, 2.05) is 110 Å². The van der Waals surface area contributed by atoms with Crippen LogP contribution < -0.4 is 10.6 Å². The Hall–Kier alpha value is -3.35. The number of benzene rings is 4. The maximum Gasteiger partial charge on any atom is 0.255 e. The Bertz CT molecular complexity index is 1280. The van der Waals surface area contributed by atoms with Crippen LogP contribution in [0, 0.1) is 6.92 Å². The van der Waals surface area contributed by atoms with Crippen molar-refractivity contribution in [2.75, 3.05) is 10.6 Å². The summed E-state index contributed by atoms with van der Waals surface area (Å²) in [4.78, 5) is 26.7. The summed E-state index contributed by atoms with van der Waals surface area (Å²) in [5.41, 5.74) is 3.93. The van der Waals surface area contributed by atoms with Crippen molar-refractivity contribution in [1.29, 1.82) is 0 Å². The zero-order chi connectivity index (χ0) is 23.9. The maximum absolute atomic E-state index is 13.2. The molecule has 0 aliphatic rings. The van der Waals surface area contributed by atoms with Crippen LogP contribution in [-0.2, 0) is 4.79 Å². The Balaban J connectivity index is 1.49. The van der Waals surface area contributed by atoms with E-state index in [9.17, 15) is 9.59 Å². The smallest absolute Gasteiger partial charge is 0.255 e. The second kappa shape index (κ2) is 11.2. The second-order valence-corrected chi connectivity index (χ2v) is 9.79. The summed E-state index contributed by atoms with van der Waals surface area (Å²) < 4.78 is 0.953. The molecule has 0 aliphatic heterocycles. The molecule has 0 heterocycles. The van der Waals surface area contributed by atoms with E-state index in [1.165, 1.54) is 11.8 Å². The highest BCUT2D eigenvalue weighted by Crippen LogP contribution is 2.36. The van der Waals surface area contributed by atoms with Crippen LogP contribution in [0.5, 0.6) is 0 Å². The molecule has 1 unspecified atom stereocenters. The van der Waals surface area contributed by atoms with E-state index in [1.54, 1.807) is 0 Å². The van der Waals surface area contributed by atoms with Gasteiger partial charge < -0.3 is 10.6 Å². The molecule has 0 saturated heterocycles. The SMILES string of the molecule is Cc1ccccc1C(=O)Nc1ccc(SC(C(=O)Nc2ccc(Br)cc2)c2ccccc2)cc1. The van der Waals surface area contributed by atoms with Crippen molar-refractivity contribution in [1.82, 2.24) is 0 Å². The fraction of sp³-hybridized carbons (Fsp3) is 0.0714. The summed E-state index contributed by atoms with van der Waals surface area (Å²) in [7, 11) is 0. The quantitative estimate of drug-likeness (QED) is 0.243. The van der Waals surface area contributed by atoms with Gasteiger partial charge in [0.2, 0.25) is 5.91 Å². The number of carbonyl (C=O) groups is 2. The van der Waals surface area contributed by atoms with E-state index >= 15 is 0 Å². The molecule has 0 bridgehead atoms. The highest BCUT2D eigenvalue weighted by molar-refractivity contribution is 9.10. The third-order valence-corrected chi connectivity index (χ3v) is 7.00. The minimum Gasteiger partial charge on any atom is -0.325 e. The standard InChI is InChI=1S/C28H23BrN2O2S/c1-19-7-5-6-10-25(19)27(32)30-23-15-17-24(18-16-23)34-26(20-8-3-2-4-9-20)28(33)31-22-13-11-21(29)12-14-22/h2-18,26H,1H3,(H,30,32)(H,31,33). The van der Waals surface area contributed by atoms with E-state index in [2.05, 4.69) is 26.6 Å². The molecule has 170 valence electrons. The van der Waals surface area contributed by atoms with Gasteiger partial charge in [-0.05, 0) is 72.6 Å². The van der Waals surface area contributed by atoms with E-state index in [0.29, 0.717) is 11.3 Å². The summed E-state index contributed by atoms with van der Waals surface area (Å²) >= 11 is 4.88. The second-order valence-electron chi connectivity index (χ2n) is 7.70. The molecule has 2 N–H and O–H groups in total. The number of hydrogen-bond donors (Lipinski definition) is 2. The van der Waals surface area contributed by atoms with Crippen molar-refractivity contribution in [2.24, 2.45) is 0 Å². The van der Waals surface area contributed by atoms with Crippen LogP contribution in [0.4, 0.5) is 11.4 Å². The molecule has 0 aromatic heterocycles. The maximum atomic E-state index is 13.2. The van der Waals surface area contributed by atoms with Gasteiger partial charge in [-0.15, -0.1) is 11.8 Å². The van der Waals surface area contributed by atoms with Gasteiger partial charge in [0.05, 0.1) is 0 Å². The zero-order valence-electron chi connectivity index (χ0n) is 18.5. The molecule has 0 aliphatic carbocycles. The van der Waals surface area contributed by atoms with Gasteiger partial charge in [-0.1, -0.05) is 64.5 Å². The van der Waals surface area contributed by atoms with E-state index in [-0.39, 0.29) is 11.8 Å². The van der Waals surface area contributed by atoms with Crippen molar-refractivity contribution < 1.29 is 9.59 Å². The topological polar surface area (TPSA) is 58.2 Å². The lowest BCUT2D eigenvalue weighted by Gasteiger charge is -2.17. The molecule has 34 heavy (non-hydrogen) atoms. The first-order valence-corrected chi connectivity index (χ1v) is 12.4. The van der Waals surface area contributed by atoms with E-state index < -0.39 is 5.25 Å². The Kier molecular flexibility index (Phi) is 7.83. The highest BCUT2D eigenvalue weighted by Gasteiger charge is 2.22. The Labute approximate surface area is 211 Å². The van der Waals surface area contributed by atoms with E-state index in [0.717, 1.165) is 26.2 Å². The first-order valence-electron chi connectivity index (χ1n) is 10.7. The Morgan fingerprint density at radius 1 is 0.735 bits per heavy atom. The van der Waals surface area contributed by atoms with Gasteiger partial charge in [-0.3, -0.25) is 9.59 Å². The monoisotopic (exact) mass is 530 g/mol. The number of thioether (sulfide) groups is 1.